The van der Waals surface area contributed by atoms with E-state index in [1.54, 1.807) is 0 Å². The highest BCUT2D eigenvalue weighted by molar-refractivity contribution is 4.89. The van der Waals surface area contributed by atoms with Gasteiger partial charge in [-0.3, -0.25) is 0 Å². The molecule has 2 nitrogen and oxygen atoms in total. The highest BCUT2D eigenvalue weighted by Gasteiger charge is 2.32. The molecular formula is C13H27NO. The average Bonchev–Trinajstić information content (AvgIpc) is 2.16. The van der Waals surface area contributed by atoms with Crippen LogP contribution in [0.3, 0.4) is 0 Å². The fraction of sp³-hybridized carbons (Fsp3) is 1.00. The zero-order valence-corrected chi connectivity index (χ0v) is 10.8. The average molecular weight is 213 g/mol. The van der Waals surface area contributed by atoms with E-state index in [1.807, 2.05) is 0 Å². The lowest BCUT2D eigenvalue weighted by Gasteiger charge is -2.40. The first-order valence-electron chi connectivity index (χ1n) is 6.22. The third-order valence-corrected chi connectivity index (χ3v) is 3.76. The molecule has 0 aromatic heterocycles. The van der Waals surface area contributed by atoms with Crippen LogP contribution in [0.1, 0.15) is 53.4 Å². The van der Waals surface area contributed by atoms with Gasteiger partial charge in [0.25, 0.3) is 0 Å². The minimum absolute atomic E-state index is 0.00747. The summed E-state index contributed by atoms with van der Waals surface area (Å²) in [6.45, 7) is 10.1. The van der Waals surface area contributed by atoms with Gasteiger partial charge in [0.2, 0.25) is 0 Å². The van der Waals surface area contributed by atoms with Crippen molar-refractivity contribution in [2.75, 3.05) is 13.2 Å². The molecule has 15 heavy (non-hydrogen) atoms. The highest BCUT2D eigenvalue weighted by atomic mass is 16.3. The van der Waals surface area contributed by atoms with Crippen molar-refractivity contribution in [1.82, 2.24) is 5.32 Å². The molecule has 2 N–H and O–H groups in total. The van der Waals surface area contributed by atoms with E-state index in [0.717, 1.165) is 6.54 Å². The Morgan fingerprint density at radius 3 is 2.53 bits per heavy atom. The number of rotatable bonds is 4. The molecule has 1 saturated carbocycles. The van der Waals surface area contributed by atoms with Crippen molar-refractivity contribution in [2.45, 2.75) is 59.4 Å². The molecule has 1 unspecified atom stereocenters. The summed E-state index contributed by atoms with van der Waals surface area (Å²) >= 11 is 0. The van der Waals surface area contributed by atoms with Gasteiger partial charge in [-0.2, -0.15) is 0 Å². The number of hydrogen-bond donors (Lipinski definition) is 2. The predicted molar refractivity (Wildman–Crippen MR) is 64.9 cm³/mol. The van der Waals surface area contributed by atoms with Gasteiger partial charge >= 0.3 is 0 Å². The molecule has 1 rings (SSSR count). The van der Waals surface area contributed by atoms with E-state index in [-0.39, 0.29) is 12.0 Å². The Hall–Kier alpha value is -0.0800. The monoisotopic (exact) mass is 213 g/mol. The Balaban J connectivity index is 2.43. The summed E-state index contributed by atoms with van der Waals surface area (Å²) in [6, 6.07) is 0.622. The molecule has 0 radical (unpaired) electrons. The minimum Gasteiger partial charge on any atom is -0.396 e. The SMILES string of the molecule is CC(C)(CO)CNC1CCCCC1(C)C. The summed E-state index contributed by atoms with van der Waals surface area (Å²) in [6.07, 6.45) is 5.33. The van der Waals surface area contributed by atoms with Crippen molar-refractivity contribution in [3.8, 4) is 0 Å². The van der Waals surface area contributed by atoms with E-state index >= 15 is 0 Å². The van der Waals surface area contributed by atoms with Crippen LogP contribution >= 0.6 is 0 Å². The zero-order valence-electron chi connectivity index (χ0n) is 10.8. The van der Waals surface area contributed by atoms with E-state index in [0.29, 0.717) is 11.5 Å². The maximum absolute atomic E-state index is 9.21. The van der Waals surface area contributed by atoms with E-state index in [2.05, 4.69) is 33.0 Å². The van der Waals surface area contributed by atoms with E-state index < -0.39 is 0 Å². The van der Waals surface area contributed by atoms with Crippen LogP contribution in [0.2, 0.25) is 0 Å². The van der Waals surface area contributed by atoms with Gasteiger partial charge < -0.3 is 10.4 Å². The minimum atomic E-state index is 0.00747. The largest absolute Gasteiger partial charge is 0.396 e. The molecule has 1 fully saturated rings. The van der Waals surface area contributed by atoms with Crippen molar-refractivity contribution in [1.29, 1.82) is 0 Å². The number of aliphatic hydroxyl groups excluding tert-OH is 1. The molecule has 90 valence electrons. The Kier molecular flexibility index (Phi) is 4.19. The van der Waals surface area contributed by atoms with E-state index in [1.165, 1.54) is 25.7 Å². The van der Waals surface area contributed by atoms with E-state index in [4.69, 9.17) is 0 Å². The summed E-state index contributed by atoms with van der Waals surface area (Å²) in [5.41, 5.74) is 0.428. The first-order valence-corrected chi connectivity index (χ1v) is 6.22. The summed E-state index contributed by atoms with van der Waals surface area (Å²) < 4.78 is 0. The topological polar surface area (TPSA) is 32.3 Å². The van der Waals surface area contributed by atoms with Crippen molar-refractivity contribution in [3.63, 3.8) is 0 Å². The van der Waals surface area contributed by atoms with Gasteiger partial charge in [0.1, 0.15) is 0 Å². The summed E-state index contributed by atoms with van der Waals surface area (Å²) in [5.74, 6) is 0. The molecule has 2 heteroatoms. The molecule has 0 aliphatic heterocycles. The Morgan fingerprint density at radius 2 is 2.00 bits per heavy atom. The lowest BCUT2D eigenvalue weighted by molar-refractivity contribution is 0.119. The zero-order chi connectivity index (χ0) is 11.5. The maximum atomic E-state index is 9.21. The fourth-order valence-electron chi connectivity index (χ4n) is 2.33. The second-order valence-corrected chi connectivity index (χ2v) is 6.49. The number of aliphatic hydroxyl groups is 1. The first kappa shape index (κ1) is 13.0. The van der Waals surface area contributed by atoms with Crippen molar-refractivity contribution in [2.24, 2.45) is 10.8 Å². The molecule has 0 heterocycles. The van der Waals surface area contributed by atoms with Crippen LogP contribution in [0, 0.1) is 10.8 Å². The maximum Gasteiger partial charge on any atom is 0.0494 e. The van der Waals surface area contributed by atoms with Gasteiger partial charge in [-0.25, -0.2) is 0 Å². The Morgan fingerprint density at radius 1 is 1.33 bits per heavy atom. The van der Waals surface area contributed by atoms with Crippen LogP contribution in [0.15, 0.2) is 0 Å². The van der Waals surface area contributed by atoms with Gasteiger partial charge in [0.15, 0.2) is 0 Å². The molecular weight excluding hydrogens is 186 g/mol. The van der Waals surface area contributed by atoms with Gasteiger partial charge in [0, 0.05) is 24.6 Å². The Labute approximate surface area is 94.5 Å². The quantitative estimate of drug-likeness (QED) is 0.752. The molecule has 0 amide bonds. The number of hydrogen-bond acceptors (Lipinski definition) is 2. The molecule has 1 aliphatic carbocycles. The lowest BCUT2D eigenvalue weighted by Crippen LogP contribution is -2.47. The van der Waals surface area contributed by atoms with Gasteiger partial charge in [0.05, 0.1) is 0 Å². The molecule has 1 aliphatic rings. The normalized spacial score (nSPS) is 26.6. The van der Waals surface area contributed by atoms with Crippen LogP contribution in [0.4, 0.5) is 0 Å². The molecule has 0 spiro atoms. The summed E-state index contributed by atoms with van der Waals surface area (Å²) in [7, 11) is 0. The highest BCUT2D eigenvalue weighted by Crippen LogP contribution is 2.35. The predicted octanol–water partition coefficient (Wildman–Crippen LogP) is 2.56. The van der Waals surface area contributed by atoms with Crippen LogP contribution in [0.5, 0.6) is 0 Å². The van der Waals surface area contributed by atoms with E-state index in [9.17, 15) is 5.11 Å². The van der Waals surface area contributed by atoms with Crippen molar-refractivity contribution >= 4 is 0 Å². The van der Waals surface area contributed by atoms with Gasteiger partial charge in [-0.1, -0.05) is 40.5 Å². The molecule has 0 aromatic rings. The third-order valence-electron chi connectivity index (χ3n) is 3.76. The van der Waals surface area contributed by atoms with Crippen molar-refractivity contribution < 1.29 is 5.11 Å². The molecule has 0 saturated heterocycles. The molecule has 0 aromatic carbocycles. The van der Waals surface area contributed by atoms with Gasteiger partial charge in [-0.05, 0) is 18.3 Å². The summed E-state index contributed by atoms with van der Waals surface area (Å²) in [5, 5.41) is 12.9. The van der Waals surface area contributed by atoms with Crippen LogP contribution in [0.25, 0.3) is 0 Å². The smallest absolute Gasteiger partial charge is 0.0494 e. The summed E-state index contributed by atoms with van der Waals surface area (Å²) in [4.78, 5) is 0. The Bertz CT molecular complexity index is 199. The second kappa shape index (κ2) is 4.84. The molecule has 0 bridgehead atoms. The fourth-order valence-corrected chi connectivity index (χ4v) is 2.33. The van der Waals surface area contributed by atoms with Crippen LogP contribution in [-0.2, 0) is 0 Å². The third kappa shape index (κ3) is 3.76. The van der Waals surface area contributed by atoms with Crippen molar-refractivity contribution in [3.05, 3.63) is 0 Å². The van der Waals surface area contributed by atoms with Crippen LogP contribution in [-0.4, -0.2) is 24.3 Å². The number of nitrogens with one attached hydrogen (secondary N) is 1. The van der Waals surface area contributed by atoms with Gasteiger partial charge in [-0.15, -0.1) is 0 Å². The first-order chi connectivity index (χ1) is 6.87. The standard InChI is InChI=1S/C13H27NO/c1-12(2,10-15)9-14-11-7-5-6-8-13(11,3)4/h11,14-15H,5-10H2,1-4H3. The van der Waals surface area contributed by atoms with Crippen LogP contribution < -0.4 is 5.32 Å². The lowest BCUT2D eigenvalue weighted by atomic mass is 9.73. The second-order valence-electron chi connectivity index (χ2n) is 6.49. The molecule has 1 atom stereocenters.